The monoisotopic (exact) mass is 394 g/mol. The minimum absolute atomic E-state index is 0.0458. The highest BCUT2D eigenvalue weighted by atomic mass is 79.9. The fourth-order valence-corrected chi connectivity index (χ4v) is 4.03. The van der Waals surface area contributed by atoms with Gasteiger partial charge < -0.3 is 4.74 Å². The largest absolute Gasteiger partial charge is 0.466 e. The molecule has 2 aliphatic heterocycles. The number of fused-ring (bicyclic) bond motifs is 1. The molecule has 0 saturated carbocycles. The van der Waals surface area contributed by atoms with Crippen molar-refractivity contribution in [2.24, 2.45) is 4.99 Å². The molecule has 7 heteroatoms. The minimum Gasteiger partial charge on any atom is -0.466 e. The Balaban J connectivity index is 2.17. The average Bonchev–Trinajstić information content (AvgIpc) is 2.80. The van der Waals surface area contributed by atoms with Crippen LogP contribution in [-0.2, 0) is 14.3 Å². The molecule has 1 aromatic carbocycles. The van der Waals surface area contributed by atoms with Crippen LogP contribution < -0.4 is 0 Å². The Morgan fingerprint density at radius 3 is 2.61 bits per heavy atom. The number of halogens is 1. The van der Waals surface area contributed by atoms with Gasteiger partial charge in [-0.1, -0.05) is 39.8 Å². The lowest BCUT2D eigenvalue weighted by atomic mass is 9.94. The Morgan fingerprint density at radius 2 is 2.00 bits per heavy atom. The molecular weight excluding hydrogens is 380 g/mol. The third kappa shape index (κ3) is 2.72. The molecule has 2 atom stereocenters. The van der Waals surface area contributed by atoms with E-state index in [4.69, 9.17) is 4.74 Å². The van der Waals surface area contributed by atoms with Crippen molar-refractivity contribution in [2.45, 2.75) is 25.1 Å². The molecule has 0 radical (unpaired) electrons. The van der Waals surface area contributed by atoms with E-state index in [1.807, 2.05) is 31.2 Å². The van der Waals surface area contributed by atoms with Crippen molar-refractivity contribution in [3.63, 3.8) is 0 Å². The number of ether oxygens (including phenoxy) is 1. The van der Waals surface area contributed by atoms with Crippen LogP contribution in [0.5, 0.6) is 0 Å². The summed E-state index contributed by atoms with van der Waals surface area (Å²) in [4.78, 5) is 30.9. The third-order valence-corrected chi connectivity index (χ3v) is 5.43. The maximum Gasteiger partial charge on any atom is 0.338 e. The van der Waals surface area contributed by atoms with E-state index >= 15 is 0 Å². The lowest BCUT2D eigenvalue weighted by Crippen LogP contribution is -2.40. The van der Waals surface area contributed by atoms with Crippen molar-refractivity contribution in [3.05, 3.63) is 45.6 Å². The number of hydrogen-bond donors (Lipinski definition) is 0. The average molecular weight is 395 g/mol. The molecule has 1 fully saturated rings. The molecule has 2 aliphatic rings. The van der Waals surface area contributed by atoms with Gasteiger partial charge in [0.2, 0.25) is 5.91 Å². The van der Waals surface area contributed by atoms with Crippen molar-refractivity contribution in [1.82, 2.24) is 4.90 Å². The van der Waals surface area contributed by atoms with Crippen LogP contribution >= 0.6 is 27.7 Å². The van der Waals surface area contributed by atoms with E-state index in [0.29, 0.717) is 16.4 Å². The van der Waals surface area contributed by atoms with Crippen molar-refractivity contribution in [2.75, 3.05) is 7.11 Å². The minimum atomic E-state index is -0.506. The van der Waals surface area contributed by atoms with Gasteiger partial charge in [-0.3, -0.25) is 9.69 Å². The number of rotatable bonds is 2. The maximum absolute atomic E-state index is 12.6. The molecule has 1 aromatic rings. The second-order valence-electron chi connectivity index (χ2n) is 5.31. The van der Waals surface area contributed by atoms with Gasteiger partial charge in [0, 0.05) is 4.47 Å². The van der Waals surface area contributed by atoms with Crippen LogP contribution in [-0.4, -0.2) is 34.3 Å². The number of carbonyl (C=O) groups is 2. The van der Waals surface area contributed by atoms with Crippen LogP contribution in [0.1, 0.15) is 25.5 Å². The number of benzene rings is 1. The summed E-state index contributed by atoms with van der Waals surface area (Å²) in [6.07, 6.45) is 0. The van der Waals surface area contributed by atoms with Gasteiger partial charge in [0.1, 0.15) is 0 Å². The normalized spacial score (nSPS) is 23.7. The summed E-state index contributed by atoms with van der Waals surface area (Å²) in [6.45, 7) is 3.62. The van der Waals surface area contributed by atoms with Gasteiger partial charge in [0.15, 0.2) is 5.17 Å². The molecule has 0 aliphatic carbocycles. The number of nitrogens with zero attached hydrogens (tertiary/aromatic N) is 2. The summed E-state index contributed by atoms with van der Waals surface area (Å²) < 4.78 is 5.86. The van der Waals surface area contributed by atoms with Crippen LogP contribution in [0.3, 0.4) is 0 Å². The van der Waals surface area contributed by atoms with Crippen molar-refractivity contribution in [3.8, 4) is 0 Å². The first-order valence-corrected chi connectivity index (χ1v) is 8.74. The quantitative estimate of drug-likeness (QED) is 0.722. The van der Waals surface area contributed by atoms with E-state index in [-0.39, 0.29) is 11.2 Å². The summed E-state index contributed by atoms with van der Waals surface area (Å²) in [5.74, 6) is -0.508. The zero-order valence-corrected chi connectivity index (χ0v) is 15.3. The van der Waals surface area contributed by atoms with E-state index in [9.17, 15) is 9.59 Å². The van der Waals surface area contributed by atoms with E-state index in [2.05, 4.69) is 20.9 Å². The third-order valence-electron chi connectivity index (χ3n) is 3.85. The van der Waals surface area contributed by atoms with Crippen LogP contribution in [0.2, 0.25) is 0 Å². The molecule has 3 rings (SSSR count). The number of amides is 1. The van der Waals surface area contributed by atoms with Gasteiger partial charge >= 0.3 is 5.97 Å². The maximum atomic E-state index is 12.6. The first-order valence-electron chi connectivity index (χ1n) is 7.07. The highest BCUT2D eigenvalue weighted by Crippen LogP contribution is 2.43. The molecule has 0 unspecified atom stereocenters. The van der Waals surface area contributed by atoms with E-state index in [0.717, 1.165) is 10.0 Å². The van der Waals surface area contributed by atoms with Gasteiger partial charge in [-0.25, -0.2) is 9.79 Å². The van der Waals surface area contributed by atoms with Crippen LogP contribution in [0.25, 0.3) is 0 Å². The van der Waals surface area contributed by atoms with E-state index in [1.54, 1.807) is 11.8 Å². The van der Waals surface area contributed by atoms with Gasteiger partial charge in [0.25, 0.3) is 0 Å². The number of esters is 1. The Labute approximate surface area is 146 Å². The molecule has 5 nitrogen and oxygen atoms in total. The van der Waals surface area contributed by atoms with Crippen molar-refractivity contribution >= 4 is 44.7 Å². The highest BCUT2D eigenvalue weighted by molar-refractivity contribution is 9.10. The topological polar surface area (TPSA) is 59.0 Å². The second kappa shape index (κ2) is 6.13. The molecule has 0 aromatic heterocycles. The predicted octanol–water partition coefficient (Wildman–Crippen LogP) is 3.27. The Morgan fingerprint density at radius 1 is 1.35 bits per heavy atom. The number of thioether (sulfide) groups is 1. The Kier molecular flexibility index (Phi) is 4.33. The molecule has 2 heterocycles. The standard InChI is InChI=1S/C16H15BrN2O3S/c1-8-12(15(21)22-3)13(10-4-6-11(17)7-5-10)19-14(20)9(2)23-16(19)18-8/h4-7,9,13H,1-3H3/t9-,13+/m1/s1. The number of amidine groups is 1. The van der Waals surface area contributed by atoms with Crippen LogP contribution in [0.4, 0.5) is 0 Å². The van der Waals surface area contributed by atoms with Crippen LogP contribution in [0, 0.1) is 0 Å². The zero-order chi connectivity index (χ0) is 16.7. The molecule has 0 spiro atoms. The molecule has 1 saturated heterocycles. The van der Waals surface area contributed by atoms with Gasteiger partial charge in [-0.2, -0.15) is 0 Å². The smallest absolute Gasteiger partial charge is 0.338 e. The second-order valence-corrected chi connectivity index (χ2v) is 7.53. The zero-order valence-electron chi connectivity index (χ0n) is 12.9. The van der Waals surface area contributed by atoms with Gasteiger partial charge in [0.05, 0.1) is 29.7 Å². The number of carbonyl (C=O) groups excluding carboxylic acids is 2. The number of allylic oxidation sites excluding steroid dienone is 1. The first-order chi connectivity index (χ1) is 10.9. The van der Waals surface area contributed by atoms with E-state index in [1.165, 1.54) is 18.9 Å². The summed E-state index contributed by atoms with van der Waals surface area (Å²) in [6, 6.07) is 7.07. The SMILES string of the molecule is COC(=O)C1=C(C)N=C2S[C@H](C)C(=O)N2[C@H]1c1ccc(Br)cc1. The molecule has 120 valence electrons. The summed E-state index contributed by atoms with van der Waals surface area (Å²) in [5, 5.41) is 0.428. The predicted molar refractivity (Wildman–Crippen MR) is 92.9 cm³/mol. The number of aliphatic imine (C=N–C) groups is 1. The van der Waals surface area contributed by atoms with E-state index < -0.39 is 12.0 Å². The van der Waals surface area contributed by atoms with Crippen molar-refractivity contribution in [1.29, 1.82) is 0 Å². The summed E-state index contributed by atoms with van der Waals surface area (Å²) >= 11 is 4.82. The summed E-state index contributed by atoms with van der Waals surface area (Å²) in [5.41, 5.74) is 1.84. The Bertz CT molecular complexity index is 742. The molecule has 0 bridgehead atoms. The van der Waals surface area contributed by atoms with Gasteiger partial charge in [-0.15, -0.1) is 0 Å². The molecule has 1 amide bonds. The number of hydrogen-bond acceptors (Lipinski definition) is 5. The summed E-state index contributed by atoms with van der Waals surface area (Å²) in [7, 11) is 1.34. The highest BCUT2D eigenvalue weighted by Gasteiger charge is 2.46. The fourth-order valence-electron chi connectivity index (χ4n) is 2.73. The lowest BCUT2D eigenvalue weighted by molar-refractivity contribution is -0.137. The lowest BCUT2D eigenvalue weighted by Gasteiger charge is -2.32. The first kappa shape index (κ1) is 16.3. The van der Waals surface area contributed by atoms with Crippen molar-refractivity contribution < 1.29 is 14.3 Å². The number of methoxy groups -OCH3 is 1. The Hall–Kier alpha value is -1.60. The molecular formula is C16H15BrN2O3S. The fraction of sp³-hybridized carbons (Fsp3) is 0.312. The van der Waals surface area contributed by atoms with Crippen LogP contribution in [0.15, 0.2) is 45.0 Å². The molecule has 23 heavy (non-hydrogen) atoms. The van der Waals surface area contributed by atoms with Gasteiger partial charge in [-0.05, 0) is 31.5 Å². The molecule has 0 N–H and O–H groups in total.